The van der Waals surface area contributed by atoms with Crippen LogP contribution in [0, 0.1) is 0 Å². The smallest absolute Gasteiger partial charge is 0.330 e. The lowest BCUT2D eigenvalue weighted by Crippen LogP contribution is -2.41. The van der Waals surface area contributed by atoms with Gasteiger partial charge in [-0.2, -0.15) is 0 Å². The van der Waals surface area contributed by atoms with E-state index in [4.69, 9.17) is 28.4 Å². The summed E-state index contributed by atoms with van der Waals surface area (Å²) in [4.78, 5) is 33.1. The number of ether oxygens (including phenoxy) is 6. The van der Waals surface area contributed by atoms with Gasteiger partial charge in [0.1, 0.15) is 19.8 Å². The summed E-state index contributed by atoms with van der Waals surface area (Å²) in [5.41, 5.74) is 0. The minimum absolute atomic E-state index is 0.0215. The summed E-state index contributed by atoms with van der Waals surface area (Å²) in [7, 11) is 0. The molecule has 0 aromatic heterocycles. The summed E-state index contributed by atoms with van der Waals surface area (Å²) in [6.45, 7) is 11.4. The molecule has 27 heavy (non-hydrogen) atoms. The number of hydrogen-bond acceptors (Lipinski definition) is 9. The SMILES string of the molecule is C=CC(=O)OCCOC(CC)(OCCOC(=O)C=C)OCCOC(=O)C=C. The molecule has 0 radical (unpaired) electrons. The third kappa shape index (κ3) is 11.7. The molecular weight excluding hydrogens is 360 g/mol. The Balaban J connectivity index is 4.59. The van der Waals surface area contributed by atoms with Gasteiger partial charge in [0.15, 0.2) is 0 Å². The highest BCUT2D eigenvalue weighted by Gasteiger charge is 2.32. The molecule has 0 saturated heterocycles. The molecule has 0 aliphatic heterocycles. The van der Waals surface area contributed by atoms with E-state index in [0.717, 1.165) is 18.2 Å². The molecule has 0 spiro atoms. The van der Waals surface area contributed by atoms with Gasteiger partial charge in [0, 0.05) is 24.6 Å². The normalized spacial score (nSPS) is 10.6. The van der Waals surface area contributed by atoms with Crippen LogP contribution in [0.2, 0.25) is 0 Å². The van der Waals surface area contributed by atoms with Gasteiger partial charge in [-0.15, -0.1) is 0 Å². The maximum absolute atomic E-state index is 11.0. The highest BCUT2D eigenvalue weighted by molar-refractivity contribution is 5.81. The molecule has 0 N–H and O–H groups in total. The fraction of sp³-hybridized carbons (Fsp3) is 0.500. The van der Waals surface area contributed by atoms with Gasteiger partial charge in [0.2, 0.25) is 0 Å². The summed E-state index contributed by atoms with van der Waals surface area (Å²) in [6.07, 6.45) is 3.35. The predicted molar refractivity (Wildman–Crippen MR) is 94.3 cm³/mol. The molecule has 0 aromatic carbocycles. The van der Waals surface area contributed by atoms with Crippen LogP contribution in [0.15, 0.2) is 38.0 Å². The van der Waals surface area contributed by atoms with Crippen molar-refractivity contribution in [3.8, 4) is 0 Å². The first-order valence-electron chi connectivity index (χ1n) is 8.22. The van der Waals surface area contributed by atoms with Crippen LogP contribution >= 0.6 is 0 Å². The van der Waals surface area contributed by atoms with Gasteiger partial charge in [-0.1, -0.05) is 26.7 Å². The van der Waals surface area contributed by atoms with E-state index in [-0.39, 0.29) is 46.1 Å². The molecule has 0 heterocycles. The van der Waals surface area contributed by atoms with Crippen molar-refractivity contribution in [3.05, 3.63) is 38.0 Å². The lowest BCUT2D eigenvalue weighted by Gasteiger charge is -2.32. The van der Waals surface area contributed by atoms with Crippen molar-refractivity contribution in [2.45, 2.75) is 19.3 Å². The molecule has 0 amide bonds. The molecule has 0 saturated carbocycles. The Morgan fingerprint density at radius 1 is 0.667 bits per heavy atom. The third-order valence-corrected chi connectivity index (χ3v) is 2.88. The number of esters is 3. The summed E-state index contributed by atoms with van der Waals surface area (Å²) in [5.74, 6) is -3.26. The first-order chi connectivity index (χ1) is 12.9. The maximum Gasteiger partial charge on any atom is 0.330 e. The van der Waals surface area contributed by atoms with Crippen LogP contribution in [-0.4, -0.2) is 63.5 Å². The zero-order valence-electron chi connectivity index (χ0n) is 15.5. The van der Waals surface area contributed by atoms with Crippen molar-refractivity contribution in [2.75, 3.05) is 39.6 Å². The molecule has 9 heteroatoms. The van der Waals surface area contributed by atoms with E-state index in [2.05, 4.69) is 19.7 Å². The molecule has 0 unspecified atom stereocenters. The first-order valence-corrected chi connectivity index (χ1v) is 8.22. The Bertz CT molecular complexity index is 444. The Labute approximate surface area is 158 Å². The van der Waals surface area contributed by atoms with Gasteiger partial charge in [-0.3, -0.25) is 0 Å². The van der Waals surface area contributed by atoms with Gasteiger partial charge < -0.3 is 28.4 Å². The van der Waals surface area contributed by atoms with E-state index in [9.17, 15) is 14.4 Å². The van der Waals surface area contributed by atoms with Crippen LogP contribution < -0.4 is 0 Å². The topological polar surface area (TPSA) is 107 Å². The van der Waals surface area contributed by atoms with Gasteiger partial charge in [0.05, 0.1) is 19.8 Å². The Hall–Kier alpha value is -2.49. The Morgan fingerprint density at radius 2 is 0.963 bits per heavy atom. The summed E-state index contributed by atoms with van der Waals surface area (Å²) in [6, 6.07) is 0. The Kier molecular flexibility index (Phi) is 13.3. The minimum atomic E-state index is -1.50. The monoisotopic (exact) mass is 386 g/mol. The predicted octanol–water partition coefficient (Wildman–Crippen LogP) is 1.29. The van der Waals surface area contributed by atoms with Crippen LogP contribution in [0.4, 0.5) is 0 Å². The number of rotatable bonds is 16. The van der Waals surface area contributed by atoms with E-state index in [1.807, 2.05) is 0 Å². The van der Waals surface area contributed by atoms with E-state index in [0.29, 0.717) is 0 Å². The first kappa shape index (κ1) is 24.5. The highest BCUT2D eigenvalue weighted by atomic mass is 16.9. The molecule has 0 aliphatic rings. The number of carbonyl (C=O) groups is 3. The lowest BCUT2D eigenvalue weighted by atomic mass is 10.4. The Morgan fingerprint density at radius 3 is 1.19 bits per heavy atom. The molecule has 9 nitrogen and oxygen atoms in total. The molecule has 0 atom stereocenters. The summed E-state index contributed by atoms with van der Waals surface area (Å²) < 4.78 is 31.2. The summed E-state index contributed by atoms with van der Waals surface area (Å²) >= 11 is 0. The zero-order chi connectivity index (χ0) is 20.5. The van der Waals surface area contributed by atoms with E-state index in [1.54, 1.807) is 6.92 Å². The number of carbonyl (C=O) groups excluding carboxylic acids is 3. The van der Waals surface area contributed by atoms with Crippen LogP contribution in [0.1, 0.15) is 13.3 Å². The standard InChI is InChI=1S/C18H26O9/c1-5-15(19)22-9-12-25-18(8-4,26-13-10-23-16(20)6-2)27-14-11-24-17(21)7-3/h5-7H,1-3,8-14H2,4H3. The average Bonchev–Trinajstić information content (AvgIpc) is 2.70. The third-order valence-electron chi connectivity index (χ3n) is 2.88. The van der Waals surface area contributed by atoms with Gasteiger partial charge in [-0.05, 0) is 0 Å². The minimum Gasteiger partial charge on any atom is -0.460 e. The van der Waals surface area contributed by atoms with Gasteiger partial charge >= 0.3 is 17.9 Å². The quantitative estimate of drug-likeness (QED) is 0.127. The van der Waals surface area contributed by atoms with Crippen molar-refractivity contribution >= 4 is 17.9 Å². The van der Waals surface area contributed by atoms with Crippen molar-refractivity contribution in [3.63, 3.8) is 0 Å². The molecule has 0 rings (SSSR count). The van der Waals surface area contributed by atoms with Crippen molar-refractivity contribution in [1.82, 2.24) is 0 Å². The van der Waals surface area contributed by atoms with Crippen molar-refractivity contribution in [1.29, 1.82) is 0 Å². The molecule has 152 valence electrons. The summed E-state index contributed by atoms with van der Waals surface area (Å²) in [5, 5.41) is 0. The fourth-order valence-electron chi connectivity index (χ4n) is 1.63. The zero-order valence-corrected chi connectivity index (χ0v) is 15.5. The largest absolute Gasteiger partial charge is 0.460 e. The lowest BCUT2D eigenvalue weighted by molar-refractivity contribution is -0.385. The van der Waals surface area contributed by atoms with Gasteiger partial charge in [0.25, 0.3) is 5.97 Å². The fourth-order valence-corrected chi connectivity index (χ4v) is 1.63. The maximum atomic E-state index is 11.0. The molecule has 0 bridgehead atoms. The van der Waals surface area contributed by atoms with Crippen LogP contribution in [0.5, 0.6) is 0 Å². The molecule has 0 aliphatic carbocycles. The van der Waals surface area contributed by atoms with Crippen LogP contribution in [0.25, 0.3) is 0 Å². The van der Waals surface area contributed by atoms with Gasteiger partial charge in [-0.25, -0.2) is 14.4 Å². The second-order valence-corrected chi connectivity index (χ2v) is 4.70. The molecule has 0 aromatic rings. The second kappa shape index (κ2) is 14.7. The van der Waals surface area contributed by atoms with Crippen molar-refractivity contribution < 1.29 is 42.8 Å². The average molecular weight is 386 g/mol. The second-order valence-electron chi connectivity index (χ2n) is 4.70. The highest BCUT2D eigenvalue weighted by Crippen LogP contribution is 2.20. The van der Waals surface area contributed by atoms with E-state index >= 15 is 0 Å². The van der Waals surface area contributed by atoms with Crippen molar-refractivity contribution in [2.24, 2.45) is 0 Å². The molecule has 0 fully saturated rings. The number of hydrogen-bond donors (Lipinski definition) is 0. The van der Waals surface area contributed by atoms with Crippen LogP contribution in [-0.2, 0) is 42.8 Å². The van der Waals surface area contributed by atoms with Crippen LogP contribution in [0.3, 0.4) is 0 Å². The van der Waals surface area contributed by atoms with E-state index < -0.39 is 23.9 Å². The van der Waals surface area contributed by atoms with E-state index in [1.165, 1.54) is 0 Å². The molecular formula is C18H26O9.